The summed E-state index contributed by atoms with van der Waals surface area (Å²) in [5.41, 5.74) is 0.824. The van der Waals surface area contributed by atoms with E-state index < -0.39 is 5.69 Å². The lowest BCUT2D eigenvalue weighted by molar-refractivity contribution is 0.188. The number of H-pyrrole nitrogens is 2. The highest BCUT2D eigenvalue weighted by atomic mass is 16.3. The fourth-order valence-electron chi connectivity index (χ4n) is 3.52. The molecule has 4 N–H and O–H groups in total. The number of hydrogen-bond donors (Lipinski definition) is 4. The Kier molecular flexibility index (Phi) is 4.71. The summed E-state index contributed by atoms with van der Waals surface area (Å²) < 4.78 is 1.59. The molecule has 0 radical (unpaired) electrons. The Bertz CT molecular complexity index is 1230. The maximum Gasteiger partial charge on any atom is 0.326 e. The Morgan fingerprint density at radius 3 is 2.67 bits per heavy atom. The fraction of sp³-hybridized carbons (Fsp3) is 0.500. The summed E-state index contributed by atoms with van der Waals surface area (Å²) in [7, 11) is 0. The van der Waals surface area contributed by atoms with Crippen molar-refractivity contribution in [1.82, 2.24) is 34.4 Å². The summed E-state index contributed by atoms with van der Waals surface area (Å²) in [4.78, 5) is 34.7. The second kappa shape index (κ2) is 7.54. The highest BCUT2D eigenvalue weighted by molar-refractivity contribution is 5.57. The Balaban J connectivity index is 1.59. The number of β-amino-alcohol motifs (C(OH)–C–C–N with tert-alkyl or cyclic N) is 1. The Morgan fingerprint density at radius 2 is 2.00 bits per heavy atom. The zero-order valence-electron chi connectivity index (χ0n) is 16.3. The maximum absolute atomic E-state index is 11.4. The van der Waals surface area contributed by atoms with Crippen LogP contribution in [0.1, 0.15) is 18.5 Å². The number of anilines is 1. The molecule has 12 nitrogen and oxygen atoms in total. The van der Waals surface area contributed by atoms with Crippen LogP contribution in [0.15, 0.2) is 16.0 Å². The van der Waals surface area contributed by atoms with Gasteiger partial charge in [0.25, 0.3) is 5.62 Å². The van der Waals surface area contributed by atoms with E-state index in [1.54, 1.807) is 16.8 Å². The minimum atomic E-state index is -0.490. The number of aromatic amines is 2. The van der Waals surface area contributed by atoms with Crippen molar-refractivity contribution in [1.29, 1.82) is 0 Å². The number of aromatic hydroxyl groups is 1. The van der Waals surface area contributed by atoms with Gasteiger partial charge >= 0.3 is 5.69 Å². The number of nitrogens with one attached hydrogen (secondary N) is 2. The van der Waals surface area contributed by atoms with Gasteiger partial charge in [0.15, 0.2) is 5.65 Å². The van der Waals surface area contributed by atoms with Gasteiger partial charge in [-0.3, -0.25) is 9.88 Å². The third-order valence-electron chi connectivity index (χ3n) is 5.32. The van der Waals surface area contributed by atoms with Gasteiger partial charge in [0.05, 0.1) is 18.8 Å². The van der Waals surface area contributed by atoms with Crippen LogP contribution in [0.2, 0.25) is 0 Å². The number of imidazole rings is 1. The molecular formula is C18H23N9O3. The molecule has 1 saturated heterocycles. The van der Waals surface area contributed by atoms with Crippen LogP contribution in [0.4, 0.5) is 5.95 Å². The molecule has 3 aromatic rings. The Labute approximate surface area is 170 Å². The van der Waals surface area contributed by atoms with Gasteiger partial charge in [-0.1, -0.05) is 0 Å². The minimum Gasteiger partial charge on any atom is -0.493 e. The highest BCUT2D eigenvalue weighted by Gasteiger charge is 2.23. The highest BCUT2D eigenvalue weighted by Crippen LogP contribution is 2.22. The summed E-state index contributed by atoms with van der Waals surface area (Å²) in [6.45, 7) is 3.95. The molecule has 0 aromatic carbocycles. The number of nitrogens with zero attached hydrogens (tertiary/aromatic N) is 7. The quantitative estimate of drug-likeness (QED) is 0.361. The van der Waals surface area contributed by atoms with Crippen LogP contribution in [0, 0.1) is 0 Å². The van der Waals surface area contributed by atoms with Crippen molar-refractivity contribution in [3.05, 3.63) is 33.2 Å². The lowest BCUT2D eigenvalue weighted by Gasteiger charge is -2.34. The normalized spacial score (nSPS) is 19.3. The molecule has 1 aliphatic carbocycles. The first-order valence-electron chi connectivity index (χ1n) is 10.0. The molecule has 30 heavy (non-hydrogen) atoms. The SMILES string of the molecule is O=c1[nH]c(O)c(/C=c2\cnn3c(=NC4CC4)nc(N4CCN(CCO)CC4)nc23)[nH]1. The minimum absolute atomic E-state index is 0.149. The monoisotopic (exact) mass is 413 g/mol. The smallest absolute Gasteiger partial charge is 0.326 e. The van der Waals surface area contributed by atoms with Crippen LogP contribution in [0.25, 0.3) is 11.7 Å². The molecular weight excluding hydrogens is 390 g/mol. The summed E-state index contributed by atoms with van der Waals surface area (Å²) in [5, 5.41) is 24.0. The van der Waals surface area contributed by atoms with Gasteiger partial charge < -0.3 is 20.1 Å². The lowest BCUT2D eigenvalue weighted by Crippen LogP contribution is -2.48. The maximum atomic E-state index is 11.4. The van der Waals surface area contributed by atoms with E-state index in [0.29, 0.717) is 29.0 Å². The zero-order chi connectivity index (χ0) is 20.7. The van der Waals surface area contributed by atoms with E-state index >= 15 is 0 Å². The molecule has 3 aromatic heterocycles. The molecule has 0 amide bonds. The predicted molar refractivity (Wildman–Crippen MR) is 107 cm³/mol. The largest absolute Gasteiger partial charge is 0.493 e. The molecule has 1 aliphatic heterocycles. The standard InChI is InChI=1S/C18H23N9O3/c28-8-7-25-3-5-26(6-4-25)16-22-14-11(9-13-15(29)23-18(30)21-13)10-19-27(14)17(24-16)20-12-1-2-12/h9-10,12,28-29H,1-8H2,(H2,21,23,30)/b11-9+,20-17?. The molecule has 5 rings (SSSR count). The third-order valence-corrected chi connectivity index (χ3v) is 5.32. The van der Waals surface area contributed by atoms with Gasteiger partial charge in [0.1, 0.15) is 5.69 Å². The van der Waals surface area contributed by atoms with Crippen LogP contribution < -0.4 is 21.4 Å². The predicted octanol–water partition coefficient (Wildman–Crippen LogP) is -2.43. The van der Waals surface area contributed by atoms with E-state index in [-0.39, 0.29) is 24.2 Å². The van der Waals surface area contributed by atoms with Crippen LogP contribution >= 0.6 is 0 Å². The number of aliphatic hydroxyl groups excluding tert-OH is 1. The van der Waals surface area contributed by atoms with Gasteiger partial charge in [0, 0.05) is 37.9 Å². The van der Waals surface area contributed by atoms with Crippen LogP contribution in [0.3, 0.4) is 0 Å². The van der Waals surface area contributed by atoms with Crippen molar-refractivity contribution in [2.45, 2.75) is 18.9 Å². The van der Waals surface area contributed by atoms with Crippen LogP contribution in [-0.4, -0.2) is 90.0 Å². The fourth-order valence-corrected chi connectivity index (χ4v) is 3.52. The number of piperazine rings is 1. The summed E-state index contributed by atoms with van der Waals surface area (Å²) in [5.74, 6) is 0.337. The number of aliphatic hydroxyl groups is 1. The summed E-state index contributed by atoms with van der Waals surface area (Å²) in [6.07, 6.45) is 5.31. The summed E-state index contributed by atoms with van der Waals surface area (Å²) in [6, 6.07) is 0.263. The van der Waals surface area contributed by atoms with E-state index in [4.69, 9.17) is 15.1 Å². The third kappa shape index (κ3) is 3.66. The van der Waals surface area contributed by atoms with Crippen molar-refractivity contribution in [3.8, 4) is 5.88 Å². The second-order valence-corrected chi connectivity index (χ2v) is 7.56. The van der Waals surface area contributed by atoms with Crippen molar-refractivity contribution in [3.63, 3.8) is 0 Å². The number of rotatable bonds is 5. The molecule has 0 bridgehead atoms. The van der Waals surface area contributed by atoms with Crippen molar-refractivity contribution in [2.24, 2.45) is 4.99 Å². The van der Waals surface area contributed by atoms with Crippen LogP contribution in [-0.2, 0) is 0 Å². The first-order valence-corrected chi connectivity index (χ1v) is 10.0. The van der Waals surface area contributed by atoms with Gasteiger partial charge in [-0.25, -0.2) is 9.79 Å². The van der Waals surface area contributed by atoms with Gasteiger partial charge in [-0.05, 0) is 18.9 Å². The topological polar surface area (TPSA) is 151 Å². The van der Waals surface area contributed by atoms with E-state index in [9.17, 15) is 9.90 Å². The van der Waals surface area contributed by atoms with E-state index in [2.05, 4.69) is 29.9 Å². The molecule has 158 valence electrons. The van der Waals surface area contributed by atoms with E-state index in [0.717, 1.165) is 39.0 Å². The van der Waals surface area contributed by atoms with E-state index in [1.807, 2.05) is 0 Å². The second-order valence-electron chi connectivity index (χ2n) is 7.56. The van der Waals surface area contributed by atoms with Crippen molar-refractivity contribution >= 4 is 17.7 Å². The molecule has 0 atom stereocenters. The number of aromatic nitrogens is 6. The lowest BCUT2D eigenvalue weighted by atomic mass is 10.3. The zero-order valence-corrected chi connectivity index (χ0v) is 16.3. The van der Waals surface area contributed by atoms with Crippen molar-refractivity contribution in [2.75, 3.05) is 44.2 Å². The van der Waals surface area contributed by atoms with Crippen LogP contribution in [0.5, 0.6) is 5.88 Å². The average Bonchev–Trinajstić information content (AvgIpc) is 3.37. The molecule has 12 heteroatoms. The molecule has 2 aliphatic rings. The van der Waals surface area contributed by atoms with Gasteiger partial charge in [-0.2, -0.15) is 19.6 Å². The molecule has 4 heterocycles. The number of hydrogen-bond acceptors (Lipinski definition) is 9. The average molecular weight is 413 g/mol. The van der Waals surface area contributed by atoms with Gasteiger partial charge in [-0.15, -0.1) is 0 Å². The van der Waals surface area contributed by atoms with Gasteiger partial charge in [0.2, 0.25) is 11.8 Å². The van der Waals surface area contributed by atoms with Crippen molar-refractivity contribution < 1.29 is 10.2 Å². The number of fused-ring (bicyclic) bond motifs is 1. The molecule has 1 saturated carbocycles. The Hall–Kier alpha value is -3.25. The van der Waals surface area contributed by atoms with E-state index in [1.165, 1.54) is 0 Å². The first kappa shape index (κ1) is 18.8. The molecule has 2 fully saturated rings. The molecule has 0 unspecified atom stereocenters. The summed E-state index contributed by atoms with van der Waals surface area (Å²) >= 11 is 0. The Morgan fingerprint density at radius 1 is 1.20 bits per heavy atom. The molecule has 0 spiro atoms. The first-order chi connectivity index (χ1) is 14.6.